The molecule has 0 saturated carbocycles. The van der Waals surface area contributed by atoms with Crippen LogP contribution < -0.4 is 4.83 Å². The van der Waals surface area contributed by atoms with E-state index in [4.69, 9.17) is 4.42 Å². The van der Waals surface area contributed by atoms with Gasteiger partial charge in [-0.3, -0.25) is 0 Å². The van der Waals surface area contributed by atoms with Gasteiger partial charge in [-0.2, -0.15) is 18.2 Å². The molecule has 1 heterocycles. The molecule has 0 aliphatic heterocycles. The number of para-hydroxylation sites is 2. The third kappa shape index (κ3) is 1.66. The lowest BCUT2D eigenvalue weighted by Crippen LogP contribution is -2.17. The van der Waals surface area contributed by atoms with Crippen molar-refractivity contribution in [3.63, 3.8) is 0 Å². The summed E-state index contributed by atoms with van der Waals surface area (Å²) in [5.74, 6) is 0. The van der Waals surface area contributed by atoms with E-state index in [0.29, 0.717) is 11.1 Å². The quantitative estimate of drug-likeness (QED) is 0.616. The lowest BCUT2D eigenvalue weighted by atomic mass is 10.3. The van der Waals surface area contributed by atoms with Crippen molar-refractivity contribution in [3.05, 3.63) is 29.2 Å². The fourth-order valence-corrected chi connectivity index (χ4v) is 1.65. The van der Waals surface area contributed by atoms with Crippen LogP contribution in [0.3, 0.4) is 0 Å². The van der Waals surface area contributed by atoms with Gasteiger partial charge in [-0.05, 0) is 12.1 Å². The molecule has 0 unspecified atom stereocenters. The van der Waals surface area contributed by atoms with Crippen LogP contribution in [0.5, 0.6) is 0 Å². The summed E-state index contributed by atoms with van der Waals surface area (Å²) < 4.78 is 27.4. The molecular formula is C7H5N3O4S. The van der Waals surface area contributed by atoms with Gasteiger partial charge in [0, 0.05) is 0 Å². The minimum Gasteiger partial charge on any atom is -0.427 e. The van der Waals surface area contributed by atoms with Crippen molar-refractivity contribution in [1.29, 1.82) is 0 Å². The Labute approximate surface area is 84.1 Å². The number of sulfonamides is 1. The monoisotopic (exact) mass is 227 g/mol. The van der Waals surface area contributed by atoms with Gasteiger partial charge < -0.3 is 4.42 Å². The number of nitrogens with one attached hydrogen (secondary N) is 1. The van der Waals surface area contributed by atoms with Gasteiger partial charge in [-0.15, -0.1) is 4.91 Å². The van der Waals surface area contributed by atoms with Gasteiger partial charge in [-0.1, -0.05) is 12.1 Å². The Kier molecular flexibility index (Phi) is 2.12. The summed E-state index contributed by atoms with van der Waals surface area (Å²) >= 11 is 0. The molecule has 7 nitrogen and oxygen atoms in total. The van der Waals surface area contributed by atoms with Gasteiger partial charge in [0.1, 0.15) is 5.52 Å². The van der Waals surface area contributed by atoms with Crippen molar-refractivity contribution in [1.82, 2.24) is 9.82 Å². The SMILES string of the molecule is O=NNS(=O)(=O)c1nc2ccccc2o1. The van der Waals surface area contributed by atoms with E-state index in [-0.39, 0.29) is 0 Å². The first-order valence-corrected chi connectivity index (χ1v) is 5.31. The minimum atomic E-state index is -4.08. The number of rotatable bonds is 3. The molecule has 1 aromatic heterocycles. The van der Waals surface area contributed by atoms with Gasteiger partial charge in [0.15, 0.2) is 5.58 Å². The number of nitroso groups, excluding NO2 is 1. The Hall–Kier alpha value is -1.96. The molecule has 78 valence electrons. The molecule has 1 N–H and O–H groups in total. The highest BCUT2D eigenvalue weighted by molar-refractivity contribution is 7.89. The van der Waals surface area contributed by atoms with Crippen LogP contribution >= 0.6 is 0 Å². The fraction of sp³-hybridized carbons (Fsp3) is 0. The predicted molar refractivity (Wildman–Crippen MR) is 50.1 cm³/mol. The van der Waals surface area contributed by atoms with Crippen LogP contribution in [0, 0.1) is 4.91 Å². The van der Waals surface area contributed by atoms with Crippen molar-refractivity contribution in [2.24, 2.45) is 5.29 Å². The fourth-order valence-electron chi connectivity index (χ4n) is 1.05. The smallest absolute Gasteiger partial charge is 0.338 e. The summed E-state index contributed by atoms with van der Waals surface area (Å²) in [5, 5.41) is 1.49. The van der Waals surface area contributed by atoms with E-state index in [0.717, 1.165) is 0 Å². The zero-order valence-corrected chi connectivity index (χ0v) is 8.06. The Balaban J connectivity index is 2.58. The molecule has 2 aromatic rings. The van der Waals surface area contributed by atoms with Crippen LogP contribution in [-0.2, 0) is 10.0 Å². The van der Waals surface area contributed by atoms with Crippen LogP contribution in [0.2, 0.25) is 0 Å². The predicted octanol–water partition coefficient (Wildman–Crippen LogP) is 0.787. The third-order valence-electron chi connectivity index (χ3n) is 1.66. The average molecular weight is 227 g/mol. The molecule has 0 amide bonds. The number of hydrogen-bond acceptors (Lipinski definition) is 6. The molecule has 0 fully saturated rings. The summed E-state index contributed by atoms with van der Waals surface area (Å²) in [4.78, 5) is 14.9. The number of benzene rings is 1. The highest BCUT2D eigenvalue weighted by Gasteiger charge is 2.21. The normalized spacial score (nSPS) is 11.5. The molecule has 8 heteroatoms. The molecule has 1 aromatic carbocycles. The number of oxazole rings is 1. The van der Waals surface area contributed by atoms with E-state index < -0.39 is 15.2 Å². The lowest BCUT2D eigenvalue weighted by Gasteiger charge is -1.91. The van der Waals surface area contributed by atoms with Crippen molar-refractivity contribution in [2.45, 2.75) is 5.22 Å². The second-order valence-electron chi connectivity index (χ2n) is 2.63. The Morgan fingerprint density at radius 2 is 2.07 bits per heavy atom. The van der Waals surface area contributed by atoms with Crippen molar-refractivity contribution in [3.8, 4) is 0 Å². The van der Waals surface area contributed by atoms with E-state index in [2.05, 4.69) is 10.3 Å². The zero-order chi connectivity index (χ0) is 10.9. The van der Waals surface area contributed by atoms with Crippen LogP contribution in [0.25, 0.3) is 11.1 Å². The van der Waals surface area contributed by atoms with E-state index in [1.54, 1.807) is 24.3 Å². The van der Waals surface area contributed by atoms with E-state index in [1.165, 1.54) is 4.83 Å². The van der Waals surface area contributed by atoms with Crippen LogP contribution in [0.4, 0.5) is 0 Å². The number of aromatic nitrogens is 1. The molecule has 0 saturated heterocycles. The molecule has 0 atom stereocenters. The summed E-state index contributed by atoms with van der Waals surface area (Å²) in [7, 11) is -4.08. The van der Waals surface area contributed by atoms with Crippen LogP contribution in [-0.4, -0.2) is 13.4 Å². The van der Waals surface area contributed by atoms with Gasteiger partial charge in [0.2, 0.25) is 0 Å². The first-order chi connectivity index (χ1) is 7.13. The maximum Gasteiger partial charge on any atom is 0.338 e. The first-order valence-electron chi connectivity index (χ1n) is 3.83. The first kappa shape index (κ1) is 9.59. The zero-order valence-electron chi connectivity index (χ0n) is 7.25. The van der Waals surface area contributed by atoms with Crippen molar-refractivity contribution >= 4 is 21.1 Å². The summed E-state index contributed by atoms with van der Waals surface area (Å²) in [6.45, 7) is 0. The minimum absolute atomic E-state index is 0.323. The van der Waals surface area contributed by atoms with Gasteiger partial charge in [-0.25, -0.2) is 0 Å². The molecule has 2 rings (SSSR count). The summed E-state index contributed by atoms with van der Waals surface area (Å²) in [5.41, 5.74) is 0.715. The standard InChI is InChI=1S/C7H5N3O4S/c11-9-10-15(12,13)7-8-5-3-1-2-4-6(5)14-7/h1-4H,(H,10,11). The second kappa shape index (κ2) is 3.31. The van der Waals surface area contributed by atoms with Crippen LogP contribution in [0.15, 0.2) is 39.2 Å². The maximum absolute atomic E-state index is 11.2. The highest BCUT2D eigenvalue weighted by Crippen LogP contribution is 2.17. The Morgan fingerprint density at radius 1 is 1.33 bits per heavy atom. The Bertz CT molecular complexity index is 570. The molecule has 0 aliphatic rings. The molecule has 15 heavy (non-hydrogen) atoms. The third-order valence-corrected chi connectivity index (χ3v) is 2.61. The lowest BCUT2D eigenvalue weighted by molar-refractivity contribution is 0.453. The van der Waals surface area contributed by atoms with Crippen LogP contribution in [0.1, 0.15) is 0 Å². The van der Waals surface area contributed by atoms with Gasteiger partial charge in [0.25, 0.3) is 0 Å². The van der Waals surface area contributed by atoms with E-state index >= 15 is 0 Å². The summed E-state index contributed by atoms with van der Waals surface area (Å²) in [6, 6.07) is 6.52. The number of fused-ring (bicyclic) bond motifs is 1. The average Bonchev–Trinajstić information content (AvgIpc) is 2.61. The number of hydrogen-bond donors (Lipinski definition) is 1. The Morgan fingerprint density at radius 3 is 2.73 bits per heavy atom. The summed E-state index contributed by atoms with van der Waals surface area (Å²) in [6.07, 6.45) is 0. The molecular weight excluding hydrogens is 222 g/mol. The highest BCUT2D eigenvalue weighted by atomic mass is 32.2. The molecule has 0 radical (unpaired) electrons. The van der Waals surface area contributed by atoms with Gasteiger partial charge in [0.05, 0.1) is 5.29 Å². The van der Waals surface area contributed by atoms with E-state index in [9.17, 15) is 13.3 Å². The van der Waals surface area contributed by atoms with Crippen molar-refractivity contribution in [2.75, 3.05) is 0 Å². The number of nitrogens with zero attached hydrogens (tertiary/aromatic N) is 2. The maximum atomic E-state index is 11.2. The molecule has 0 bridgehead atoms. The van der Waals surface area contributed by atoms with Crippen molar-refractivity contribution < 1.29 is 12.8 Å². The largest absolute Gasteiger partial charge is 0.427 e. The molecule has 0 spiro atoms. The van der Waals surface area contributed by atoms with Gasteiger partial charge >= 0.3 is 15.2 Å². The topological polar surface area (TPSA) is 102 Å². The second-order valence-corrected chi connectivity index (χ2v) is 4.17. The van der Waals surface area contributed by atoms with E-state index in [1.807, 2.05) is 0 Å². The molecule has 0 aliphatic carbocycles.